The van der Waals surface area contributed by atoms with E-state index in [9.17, 15) is 0 Å². The number of benzene rings is 1. The number of hydrogen-bond donors (Lipinski definition) is 0. The first-order valence-electron chi connectivity index (χ1n) is 6.69. The standard InChI is InChI=1S/C15H20N2O2/c1-3-12(9-16)10-17(2)11-13-4-5-14-15(8-13)19-7-6-18-14/h4-5,8,12H,3,6-7,10-11H2,1-2H3. The van der Waals surface area contributed by atoms with Crippen LogP contribution in [0.2, 0.25) is 0 Å². The Labute approximate surface area is 114 Å². The van der Waals surface area contributed by atoms with Crippen molar-refractivity contribution in [2.75, 3.05) is 26.8 Å². The highest BCUT2D eigenvalue weighted by Crippen LogP contribution is 2.31. The zero-order valence-electron chi connectivity index (χ0n) is 11.6. The molecule has 0 bridgehead atoms. The van der Waals surface area contributed by atoms with Crippen molar-refractivity contribution >= 4 is 0 Å². The topological polar surface area (TPSA) is 45.5 Å². The molecular weight excluding hydrogens is 240 g/mol. The van der Waals surface area contributed by atoms with E-state index in [1.807, 2.05) is 26.1 Å². The van der Waals surface area contributed by atoms with Crippen LogP contribution >= 0.6 is 0 Å². The number of hydrogen-bond acceptors (Lipinski definition) is 4. The molecule has 0 saturated carbocycles. The van der Waals surface area contributed by atoms with Gasteiger partial charge < -0.3 is 14.4 Å². The van der Waals surface area contributed by atoms with Gasteiger partial charge in [0.15, 0.2) is 11.5 Å². The van der Waals surface area contributed by atoms with E-state index in [4.69, 9.17) is 14.7 Å². The summed E-state index contributed by atoms with van der Waals surface area (Å²) >= 11 is 0. The van der Waals surface area contributed by atoms with Gasteiger partial charge in [0.05, 0.1) is 12.0 Å². The molecule has 0 amide bonds. The van der Waals surface area contributed by atoms with Crippen molar-refractivity contribution in [3.63, 3.8) is 0 Å². The zero-order valence-corrected chi connectivity index (χ0v) is 11.6. The molecule has 102 valence electrons. The number of ether oxygens (including phenoxy) is 2. The minimum absolute atomic E-state index is 0.0993. The van der Waals surface area contributed by atoms with Crippen molar-refractivity contribution in [3.8, 4) is 17.6 Å². The Hall–Kier alpha value is -1.73. The van der Waals surface area contributed by atoms with E-state index in [-0.39, 0.29) is 5.92 Å². The number of fused-ring (bicyclic) bond motifs is 1. The van der Waals surface area contributed by atoms with Crippen LogP contribution in [0.25, 0.3) is 0 Å². The van der Waals surface area contributed by atoms with Crippen LogP contribution in [0.15, 0.2) is 18.2 Å². The Morgan fingerprint density at radius 3 is 2.74 bits per heavy atom. The molecule has 0 aliphatic carbocycles. The summed E-state index contributed by atoms with van der Waals surface area (Å²) in [6.07, 6.45) is 0.891. The maximum Gasteiger partial charge on any atom is 0.161 e. The second-order valence-corrected chi connectivity index (χ2v) is 4.91. The number of nitriles is 1. The Morgan fingerprint density at radius 1 is 1.32 bits per heavy atom. The Morgan fingerprint density at radius 2 is 2.05 bits per heavy atom. The van der Waals surface area contributed by atoms with Crippen molar-refractivity contribution in [2.45, 2.75) is 19.9 Å². The van der Waals surface area contributed by atoms with Crippen molar-refractivity contribution in [3.05, 3.63) is 23.8 Å². The van der Waals surface area contributed by atoms with Gasteiger partial charge in [-0.15, -0.1) is 0 Å². The van der Waals surface area contributed by atoms with Crippen LogP contribution in [0.1, 0.15) is 18.9 Å². The van der Waals surface area contributed by atoms with Gasteiger partial charge in [0.1, 0.15) is 13.2 Å². The molecule has 2 rings (SSSR count). The second-order valence-electron chi connectivity index (χ2n) is 4.91. The average molecular weight is 260 g/mol. The molecule has 0 N–H and O–H groups in total. The molecule has 0 radical (unpaired) electrons. The van der Waals surface area contributed by atoms with Crippen molar-refractivity contribution in [2.24, 2.45) is 5.92 Å². The molecule has 1 atom stereocenters. The third-order valence-corrected chi connectivity index (χ3v) is 3.27. The Balaban J connectivity index is 1.97. The molecule has 19 heavy (non-hydrogen) atoms. The Bertz CT molecular complexity index is 468. The van der Waals surface area contributed by atoms with Gasteiger partial charge in [-0.05, 0) is 31.2 Å². The molecule has 1 unspecified atom stereocenters. The molecule has 1 aromatic rings. The van der Waals surface area contributed by atoms with Gasteiger partial charge in [0.2, 0.25) is 0 Å². The second kappa shape index (κ2) is 6.44. The summed E-state index contributed by atoms with van der Waals surface area (Å²) < 4.78 is 11.1. The lowest BCUT2D eigenvalue weighted by Crippen LogP contribution is -2.24. The van der Waals surface area contributed by atoms with Gasteiger partial charge in [-0.1, -0.05) is 13.0 Å². The van der Waals surface area contributed by atoms with Gasteiger partial charge >= 0.3 is 0 Å². The minimum Gasteiger partial charge on any atom is -0.486 e. The predicted molar refractivity (Wildman–Crippen MR) is 73.2 cm³/mol. The smallest absolute Gasteiger partial charge is 0.161 e. The normalized spacial score (nSPS) is 15.1. The minimum atomic E-state index is 0.0993. The van der Waals surface area contributed by atoms with E-state index in [1.165, 1.54) is 5.56 Å². The van der Waals surface area contributed by atoms with E-state index in [0.29, 0.717) is 13.2 Å². The van der Waals surface area contributed by atoms with Crippen molar-refractivity contribution in [1.82, 2.24) is 4.90 Å². The van der Waals surface area contributed by atoms with Gasteiger partial charge in [0.25, 0.3) is 0 Å². The predicted octanol–water partition coefficient (Wildman–Crippen LogP) is 2.44. The maximum absolute atomic E-state index is 8.99. The molecule has 1 aliphatic rings. The molecule has 4 heteroatoms. The largest absolute Gasteiger partial charge is 0.486 e. The summed E-state index contributed by atoms with van der Waals surface area (Å²) in [4.78, 5) is 2.17. The molecular formula is C15H20N2O2. The summed E-state index contributed by atoms with van der Waals surface area (Å²) in [5.41, 5.74) is 1.18. The van der Waals surface area contributed by atoms with Crippen LogP contribution in [0.4, 0.5) is 0 Å². The van der Waals surface area contributed by atoms with Crippen LogP contribution in [0.3, 0.4) is 0 Å². The van der Waals surface area contributed by atoms with E-state index < -0.39 is 0 Å². The van der Waals surface area contributed by atoms with Gasteiger partial charge in [-0.2, -0.15) is 5.26 Å². The first-order chi connectivity index (χ1) is 9.22. The fourth-order valence-electron chi connectivity index (χ4n) is 2.20. The summed E-state index contributed by atoms with van der Waals surface area (Å²) in [6.45, 7) is 4.88. The van der Waals surface area contributed by atoms with Crippen LogP contribution in [-0.2, 0) is 6.54 Å². The first-order valence-corrected chi connectivity index (χ1v) is 6.69. The lowest BCUT2D eigenvalue weighted by molar-refractivity contribution is 0.171. The SMILES string of the molecule is CCC(C#N)CN(C)Cc1ccc2c(c1)OCCO2. The van der Waals surface area contributed by atoms with Crippen molar-refractivity contribution < 1.29 is 9.47 Å². The fourth-order valence-corrected chi connectivity index (χ4v) is 2.20. The number of rotatable bonds is 5. The molecule has 0 aromatic heterocycles. The highest BCUT2D eigenvalue weighted by molar-refractivity contribution is 5.43. The van der Waals surface area contributed by atoms with Crippen LogP contribution in [0, 0.1) is 17.2 Å². The fraction of sp³-hybridized carbons (Fsp3) is 0.533. The van der Waals surface area contributed by atoms with Crippen molar-refractivity contribution in [1.29, 1.82) is 5.26 Å². The van der Waals surface area contributed by atoms with Gasteiger partial charge in [-0.25, -0.2) is 0 Å². The summed E-state index contributed by atoms with van der Waals surface area (Å²) in [5, 5.41) is 8.99. The average Bonchev–Trinajstić information content (AvgIpc) is 2.44. The summed E-state index contributed by atoms with van der Waals surface area (Å²) in [7, 11) is 2.04. The van der Waals surface area contributed by atoms with E-state index in [2.05, 4.69) is 17.0 Å². The molecule has 0 saturated heterocycles. The number of nitrogens with zero attached hydrogens (tertiary/aromatic N) is 2. The molecule has 0 spiro atoms. The third kappa shape index (κ3) is 3.62. The van der Waals surface area contributed by atoms with E-state index in [0.717, 1.165) is 31.0 Å². The highest BCUT2D eigenvalue weighted by atomic mass is 16.6. The van der Waals surface area contributed by atoms with Gasteiger partial charge in [-0.3, -0.25) is 0 Å². The molecule has 1 aliphatic heterocycles. The quantitative estimate of drug-likeness (QED) is 0.815. The lowest BCUT2D eigenvalue weighted by atomic mass is 10.1. The van der Waals surface area contributed by atoms with E-state index >= 15 is 0 Å². The first kappa shape index (κ1) is 13.7. The third-order valence-electron chi connectivity index (χ3n) is 3.27. The maximum atomic E-state index is 8.99. The van der Waals surface area contributed by atoms with Gasteiger partial charge in [0, 0.05) is 13.1 Å². The monoisotopic (exact) mass is 260 g/mol. The molecule has 0 fully saturated rings. The molecule has 4 nitrogen and oxygen atoms in total. The van der Waals surface area contributed by atoms with E-state index in [1.54, 1.807) is 0 Å². The van der Waals surface area contributed by atoms with Crippen LogP contribution in [0.5, 0.6) is 11.5 Å². The molecule has 1 heterocycles. The highest BCUT2D eigenvalue weighted by Gasteiger charge is 2.13. The molecule has 1 aromatic carbocycles. The Kier molecular flexibility index (Phi) is 4.64. The van der Waals surface area contributed by atoms with Crippen LogP contribution < -0.4 is 9.47 Å². The summed E-state index contributed by atoms with van der Waals surface area (Å²) in [6, 6.07) is 8.37. The van der Waals surface area contributed by atoms with Crippen LogP contribution in [-0.4, -0.2) is 31.7 Å². The zero-order chi connectivity index (χ0) is 13.7. The summed E-state index contributed by atoms with van der Waals surface area (Å²) in [5.74, 6) is 1.74. The lowest BCUT2D eigenvalue weighted by Gasteiger charge is -2.22.